The van der Waals surface area contributed by atoms with Crippen molar-refractivity contribution in [3.8, 4) is 17.2 Å². The number of oxazole rings is 3. The second-order valence-corrected chi connectivity index (χ2v) is 30.9. The molecule has 0 amide bonds. The molecule has 2 N–H and O–H groups in total. The molecule has 22 nitrogen and oxygen atoms in total. The van der Waals surface area contributed by atoms with Crippen molar-refractivity contribution in [1.29, 1.82) is 0 Å². The largest absolute Gasteiger partial charge is 2.00 e. The van der Waals surface area contributed by atoms with Gasteiger partial charge in [-0.15, -0.1) is 0 Å². The first kappa shape index (κ1) is 96.8. The van der Waals surface area contributed by atoms with E-state index in [-0.39, 0.29) is 42.4 Å². The van der Waals surface area contributed by atoms with Crippen molar-refractivity contribution in [2.75, 3.05) is 40.9 Å². The Bertz CT molecular complexity index is 4630. The van der Waals surface area contributed by atoms with Gasteiger partial charge in [0.1, 0.15) is 0 Å². The number of aliphatic hydroxyl groups is 1. The van der Waals surface area contributed by atoms with Crippen LogP contribution in [-0.2, 0) is 74.2 Å². The number of allylic oxidation sites excluding steroid dienone is 6. The molecule has 6 heterocycles. The van der Waals surface area contributed by atoms with Crippen LogP contribution in [0, 0.1) is 58.3 Å². The first-order chi connectivity index (χ1) is 59.4. The zero-order valence-electron chi connectivity index (χ0n) is 69.8. The van der Waals surface area contributed by atoms with Crippen molar-refractivity contribution in [2.24, 2.45) is 0 Å². The Morgan fingerprint density at radius 1 is 0.439 bits per heavy atom. The molecular weight excluding hydrogens is 1660 g/mol. The number of aliphatic hydroxyl groups excluding tert-OH is 1. The summed E-state index contributed by atoms with van der Waals surface area (Å²) in [6, 6.07) is 47.6. The molecule has 3 aromatic heterocycles. The molecule has 654 valence electrons. The number of carbonyl (C=O) groups is 3. The van der Waals surface area contributed by atoms with Crippen LogP contribution in [0.3, 0.4) is 0 Å². The molecule has 2 saturated carbocycles. The number of hydrogen-bond donors (Lipinski definition) is 2. The number of rotatable bonds is 31. The van der Waals surface area contributed by atoms with E-state index in [0.29, 0.717) is 82.3 Å². The van der Waals surface area contributed by atoms with Crippen LogP contribution in [0.4, 0.5) is 30.2 Å². The zero-order chi connectivity index (χ0) is 86.3. The van der Waals surface area contributed by atoms with Crippen LogP contribution in [0.1, 0.15) is 173 Å². The minimum Gasteiger partial charge on any atom is -0.439 e. The zero-order valence-corrected chi connectivity index (χ0v) is 72.5. The third kappa shape index (κ3) is 29.6. The third-order valence-corrected chi connectivity index (χ3v) is 21.3. The van der Waals surface area contributed by atoms with E-state index < -0.39 is 42.1 Å². The fourth-order valence-corrected chi connectivity index (χ4v) is 14.6. The Balaban J connectivity index is 0.000000504. The molecule has 3 aliphatic heterocycles. The Morgan fingerprint density at radius 2 is 0.691 bits per heavy atom. The summed E-state index contributed by atoms with van der Waals surface area (Å²) in [6.45, 7) is 14.0. The number of anilines is 3. The Hall–Kier alpha value is -10.0. The smallest absolute Gasteiger partial charge is 0.439 e. The Labute approximate surface area is 732 Å². The molecule has 9 aromatic rings. The number of aromatic nitrogens is 3. The van der Waals surface area contributed by atoms with Crippen LogP contribution in [0.15, 0.2) is 213 Å². The van der Waals surface area contributed by atoms with Crippen molar-refractivity contribution in [3.05, 3.63) is 276 Å². The second kappa shape index (κ2) is 51.3. The SMILES string of the molecule is CCN1/C(=C/C=C/c2oc3ccccc3[n+]2CCCCCC(=O)OP(OC(=O)CCCCC[n+]2c(/C=C/C=C3/Oc4ccccc4N3CC)oc3ccccc32)OC(=O)CCCCC[n+]2c(/C=C/C=C3/Oc4ccccc4N3CC)oc3ccccc32)Oc2ccccc21.O=S(=O)(O)C(F)(F)F.[CH2-]CCO.[CH]1[CH]CC[CH][CH]CC1.[CH]1[CH]CC[CH][CH]CC1.[Ni+2]. The number of aryl methyl sites for hydroxylation is 3. The molecule has 14 rings (SSSR count). The fraction of sp³-hybridized carbons (Fsp3) is 0.337. The number of carbonyl (C=O) groups excluding carboxylic acids is 3. The molecular formula is C95H110F3N6NiO16PS+4. The summed E-state index contributed by atoms with van der Waals surface area (Å²) < 4.78 is 118. The van der Waals surface area contributed by atoms with Gasteiger partial charge in [0.2, 0.25) is 34.4 Å². The molecule has 0 spiro atoms. The summed E-state index contributed by atoms with van der Waals surface area (Å²) in [5, 5.41) is 7.81. The average molecular weight is 1770 g/mol. The Kier molecular flexibility index (Phi) is 40.3. The predicted octanol–water partition coefficient (Wildman–Crippen LogP) is 21.4. The molecule has 8 radical (unpaired) electrons. The molecule has 28 heteroatoms. The average Bonchev–Trinajstić information content (AvgIpc) is 1.69. The van der Waals surface area contributed by atoms with Gasteiger partial charge in [0.25, 0.3) is 16.6 Å². The summed E-state index contributed by atoms with van der Waals surface area (Å²) >= 11 is 0. The van der Waals surface area contributed by atoms with Gasteiger partial charge in [-0.3, -0.25) is 18.9 Å². The molecule has 6 aromatic carbocycles. The summed E-state index contributed by atoms with van der Waals surface area (Å²) in [5.41, 5.74) is 2.69. The molecule has 2 aliphatic carbocycles. The Morgan fingerprint density at radius 3 is 0.943 bits per heavy atom. The van der Waals surface area contributed by atoms with E-state index in [1.54, 1.807) is 0 Å². The van der Waals surface area contributed by atoms with E-state index in [1.807, 2.05) is 200 Å². The quantitative estimate of drug-likeness (QED) is 0.00780. The first-order valence-electron chi connectivity index (χ1n) is 41.9. The van der Waals surface area contributed by atoms with Crippen LogP contribution in [0.2, 0.25) is 0 Å². The third-order valence-electron chi connectivity index (χ3n) is 19.6. The summed E-state index contributed by atoms with van der Waals surface area (Å²) in [7, 11) is -8.51. The number of benzene rings is 6. The van der Waals surface area contributed by atoms with Crippen molar-refractivity contribution >= 4 is 105 Å². The number of alkyl halides is 3. The van der Waals surface area contributed by atoms with Gasteiger partial charge in [-0.25, -0.2) is 0 Å². The number of halogens is 3. The van der Waals surface area contributed by atoms with Crippen LogP contribution >= 0.6 is 8.60 Å². The molecule has 123 heavy (non-hydrogen) atoms. The van der Waals surface area contributed by atoms with Gasteiger partial charge in [-0.1, -0.05) is 72.8 Å². The van der Waals surface area contributed by atoms with Gasteiger partial charge in [-0.2, -0.15) is 41.7 Å². The van der Waals surface area contributed by atoms with Crippen LogP contribution < -0.4 is 42.6 Å². The molecule has 0 bridgehead atoms. The van der Waals surface area contributed by atoms with Gasteiger partial charge >= 0.3 is 76.3 Å². The normalized spacial score (nSPS) is 15.6. The number of para-hydroxylation sites is 12. The number of nitrogens with zero attached hydrogens (tertiary/aromatic N) is 6. The predicted molar refractivity (Wildman–Crippen MR) is 467 cm³/mol. The fourth-order valence-electron chi connectivity index (χ4n) is 13.7. The minimum atomic E-state index is -5.84. The van der Waals surface area contributed by atoms with Crippen molar-refractivity contribution < 1.29 is 117 Å². The summed E-state index contributed by atoms with van der Waals surface area (Å²) in [4.78, 5) is 47.1. The van der Waals surface area contributed by atoms with Crippen molar-refractivity contribution in [3.63, 3.8) is 0 Å². The molecule has 0 atom stereocenters. The molecule has 5 aliphatic rings. The van der Waals surface area contributed by atoms with Crippen molar-refractivity contribution in [1.82, 2.24) is 0 Å². The van der Waals surface area contributed by atoms with Gasteiger partial charge in [0, 0.05) is 83.0 Å². The monoisotopic (exact) mass is 1770 g/mol. The van der Waals surface area contributed by atoms with E-state index in [9.17, 15) is 27.6 Å². The molecule has 2 fully saturated rings. The second-order valence-electron chi connectivity index (χ2n) is 28.5. The van der Waals surface area contributed by atoms with E-state index in [2.05, 4.69) is 107 Å². The van der Waals surface area contributed by atoms with E-state index in [0.717, 1.165) is 124 Å². The molecule has 0 saturated heterocycles. The maximum atomic E-state index is 13.6. The van der Waals surface area contributed by atoms with Gasteiger partial charge in [-0.05, 0) is 253 Å². The van der Waals surface area contributed by atoms with Gasteiger partial charge in [0.15, 0.2) is 36.9 Å². The summed E-state index contributed by atoms with van der Waals surface area (Å²) in [6.07, 6.45) is 51.8. The van der Waals surface area contributed by atoms with Gasteiger partial charge in [0.05, 0.1) is 35.3 Å². The summed E-state index contributed by atoms with van der Waals surface area (Å²) in [5.74, 6) is 4.83. The van der Waals surface area contributed by atoms with Crippen molar-refractivity contribution in [2.45, 2.75) is 181 Å². The van der Waals surface area contributed by atoms with Crippen LogP contribution in [0.25, 0.3) is 51.5 Å². The first-order valence-corrected chi connectivity index (χ1v) is 44.4. The van der Waals surface area contributed by atoms with E-state index in [1.165, 1.54) is 51.4 Å². The number of ether oxygens (including phenoxy) is 3. The van der Waals surface area contributed by atoms with E-state index >= 15 is 0 Å². The van der Waals surface area contributed by atoms with E-state index in [4.69, 9.17) is 59.1 Å². The number of hydrogen-bond acceptors (Lipinski definition) is 18. The number of unbranched alkanes of at least 4 members (excludes halogenated alkanes) is 6. The maximum absolute atomic E-state index is 13.6. The van der Waals surface area contributed by atoms with Crippen LogP contribution in [0.5, 0.6) is 17.2 Å². The van der Waals surface area contributed by atoms with Gasteiger partial charge < -0.3 is 67.8 Å². The maximum Gasteiger partial charge on any atom is 2.00 e. The van der Waals surface area contributed by atoms with Crippen LogP contribution in [-0.4, -0.2) is 67.7 Å². The number of fused-ring (bicyclic) bond motifs is 6. The molecule has 0 unspecified atom stereocenters. The topological polar surface area (TPSA) is 242 Å². The minimum absolute atomic E-state index is 0. The standard InChI is InChI=1S/C75H78N6O12P.2C8H12.C3H7O.CHF3O3S.Ni/c1-4-76-55-31-13-19-37-61(55)85-67(76)43-28-46-70-79(58-34-16-22-40-64(58)88-70)52-25-7-10-49-73(82)91-94(92-74(83)50-11-8-26-53-80-59-35-17-23-41-65(59)89-71(80)47-29-44-68-77(5-2)56-32-14-20-38-62(56)86-68)93-75(84)51-12-9-27-54-81-60-36-18-24-42-66(60)90-72(81)48-30-45-69-78(6-3)57-33-15-21-39-63(57)87-69;2*1-2-4-6-8-7-5-3-1;1-2-3-4;2-1(3,4)8(5,6)7;/h13-24,28-48H,4-12,25-27,49-54H2,1-3H3;2*1-2,7-8H,3-6H2;4H,1-3H2;(H,5,6,7);/q+3;;;-1;;+2.